The predicted octanol–water partition coefficient (Wildman–Crippen LogP) is 2.27. The van der Waals surface area contributed by atoms with E-state index in [-0.39, 0.29) is 5.97 Å². The van der Waals surface area contributed by atoms with Crippen molar-refractivity contribution in [3.05, 3.63) is 36.0 Å². The number of hydrogen-bond acceptors (Lipinski definition) is 2. The standard InChI is InChI=1S/C12H13NO2/c1-2-15-12(14)8-9-3-4-11-10(7-9)5-6-13-11/h3-7,13H,2,8H2,1H3. The highest BCUT2D eigenvalue weighted by atomic mass is 16.5. The van der Waals surface area contributed by atoms with Gasteiger partial charge in [0.25, 0.3) is 0 Å². The molecule has 0 amide bonds. The summed E-state index contributed by atoms with van der Waals surface area (Å²) in [4.78, 5) is 14.4. The molecule has 0 aliphatic heterocycles. The predicted molar refractivity (Wildman–Crippen MR) is 58.6 cm³/mol. The van der Waals surface area contributed by atoms with E-state index in [0.29, 0.717) is 13.0 Å². The summed E-state index contributed by atoms with van der Waals surface area (Å²) in [7, 11) is 0. The highest BCUT2D eigenvalue weighted by Gasteiger charge is 2.04. The van der Waals surface area contributed by atoms with Gasteiger partial charge in [0.05, 0.1) is 13.0 Å². The van der Waals surface area contributed by atoms with Crippen LogP contribution in [-0.4, -0.2) is 17.6 Å². The Morgan fingerprint density at radius 1 is 1.40 bits per heavy atom. The molecule has 1 heterocycles. The van der Waals surface area contributed by atoms with Crippen LogP contribution in [0.4, 0.5) is 0 Å². The fourth-order valence-corrected chi connectivity index (χ4v) is 1.59. The average molecular weight is 203 g/mol. The molecule has 0 bridgehead atoms. The van der Waals surface area contributed by atoms with Crippen molar-refractivity contribution in [2.75, 3.05) is 6.61 Å². The molecule has 3 heteroatoms. The summed E-state index contributed by atoms with van der Waals surface area (Å²) in [6.45, 7) is 2.25. The zero-order chi connectivity index (χ0) is 10.7. The number of H-pyrrole nitrogens is 1. The van der Waals surface area contributed by atoms with E-state index in [1.807, 2.05) is 37.4 Å². The number of aromatic nitrogens is 1. The Bertz CT molecular complexity index is 473. The number of carbonyl (C=O) groups is 1. The van der Waals surface area contributed by atoms with Crippen LogP contribution in [0.3, 0.4) is 0 Å². The summed E-state index contributed by atoms with van der Waals surface area (Å²) in [5.41, 5.74) is 2.07. The zero-order valence-corrected chi connectivity index (χ0v) is 8.62. The molecule has 78 valence electrons. The van der Waals surface area contributed by atoms with Crippen molar-refractivity contribution in [2.24, 2.45) is 0 Å². The first-order chi connectivity index (χ1) is 7.29. The lowest BCUT2D eigenvalue weighted by Crippen LogP contribution is -2.07. The normalized spacial score (nSPS) is 10.5. The van der Waals surface area contributed by atoms with Gasteiger partial charge in [0.2, 0.25) is 0 Å². The van der Waals surface area contributed by atoms with Gasteiger partial charge in [-0.1, -0.05) is 6.07 Å². The maximum Gasteiger partial charge on any atom is 0.310 e. The molecule has 1 aromatic carbocycles. The van der Waals surface area contributed by atoms with E-state index in [9.17, 15) is 4.79 Å². The molecule has 0 unspecified atom stereocenters. The summed E-state index contributed by atoms with van der Waals surface area (Å²) >= 11 is 0. The van der Waals surface area contributed by atoms with Crippen molar-refractivity contribution in [3.8, 4) is 0 Å². The van der Waals surface area contributed by atoms with Crippen LogP contribution >= 0.6 is 0 Å². The highest BCUT2D eigenvalue weighted by Crippen LogP contribution is 2.14. The lowest BCUT2D eigenvalue weighted by Gasteiger charge is -2.01. The van der Waals surface area contributed by atoms with Gasteiger partial charge in [-0.15, -0.1) is 0 Å². The molecule has 15 heavy (non-hydrogen) atoms. The summed E-state index contributed by atoms with van der Waals surface area (Å²) < 4.78 is 4.89. The SMILES string of the molecule is CCOC(=O)Cc1ccc2[nH]ccc2c1. The first-order valence-electron chi connectivity index (χ1n) is 5.01. The number of rotatable bonds is 3. The number of nitrogens with one attached hydrogen (secondary N) is 1. The van der Waals surface area contributed by atoms with Gasteiger partial charge in [-0.2, -0.15) is 0 Å². The summed E-state index contributed by atoms with van der Waals surface area (Å²) in [5, 5.41) is 1.12. The zero-order valence-electron chi connectivity index (χ0n) is 8.62. The summed E-state index contributed by atoms with van der Waals surface area (Å²) in [6.07, 6.45) is 2.23. The van der Waals surface area contributed by atoms with Gasteiger partial charge in [-0.25, -0.2) is 0 Å². The van der Waals surface area contributed by atoms with Crippen molar-refractivity contribution in [1.82, 2.24) is 4.98 Å². The summed E-state index contributed by atoms with van der Waals surface area (Å²) in [6, 6.07) is 7.91. The van der Waals surface area contributed by atoms with Crippen LogP contribution in [0.2, 0.25) is 0 Å². The third-order valence-electron chi connectivity index (χ3n) is 2.27. The minimum Gasteiger partial charge on any atom is -0.466 e. The number of hydrogen-bond donors (Lipinski definition) is 1. The minimum atomic E-state index is -0.174. The van der Waals surface area contributed by atoms with Gasteiger partial charge in [-0.05, 0) is 36.1 Å². The third-order valence-corrected chi connectivity index (χ3v) is 2.27. The second-order valence-electron chi connectivity index (χ2n) is 3.38. The first kappa shape index (κ1) is 9.77. The van der Waals surface area contributed by atoms with E-state index in [4.69, 9.17) is 4.74 Å². The summed E-state index contributed by atoms with van der Waals surface area (Å²) in [5.74, 6) is -0.174. The van der Waals surface area contributed by atoms with Crippen molar-refractivity contribution in [2.45, 2.75) is 13.3 Å². The largest absolute Gasteiger partial charge is 0.466 e. The molecule has 1 N–H and O–H groups in total. The third kappa shape index (κ3) is 2.18. The van der Waals surface area contributed by atoms with Gasteiger partial charge < -0.3 is 9.72 Å². The fourth-order valence-electron chi connectivity index (χ4n) is 1.59. The number of carbonyl (C=O) groups excluding carboxylic acids is 1. The molecule has 0 radical (unpaired) electrons. The van der Waals surface area contributed by atoms with Crippen LogP contribution in [0.15, 0.2) is 30.5 Å². The van der Waals surface area contributed by atoms with Crippen LogP contribution in [0.25, 0.3) is 10.9 Å². The number of aromatic amines is 1. The van der Waals surface area contributed by atoms with Crippen LogP contribution < -0.4 is 0 Å². The van der Waals surface area contributed by atoms with E-state index in [0.717, 1.165) is 16.5 Å². The van der Waals surface area contributed by atoms with Gasteiger partial charge in [0.1, 0.15) is 0 Å². The number of fused-ring (bicyclic) bond motifs is 1. The molecule has 0 spiro atoms. The van der Waals surface area contributed by atoms with Crippen LogP contribution in [0, 0.1) is 0 Å². The van der Waals surface area contributed by atoms with Crippen LogP contribution in [0.1, 0.15) is 12.5 Å². The lowest BCUT2D eigenvalue weighted by molar-refractivity contribution is -0.142. The molecule has 0 fully saturated rings. The second kappa shape index (κ2) is 4.17. The molecule has 0 atom stereocenters. The minimum absolute atomic E-state index is 0.174. The smallest absolute Gasteiger partial charge is 0.310 e. The lowest BCUT2D eigenvalue weighted by atomic mass is 10.1. The molecule has 3 nitrogen and oxygen atoms in total. The Morgan fingerprint density at radius 3 is 3.07 bits per heavy atom. The Morgan fingerprint density at radius 2 is 2.27 bits per heavy atom. The number of benzene rings is 1. The first-order valence-corrected chi connectivity index (χ1v) is 5.01. The molecule has 2 rings (SSSR count). The monoisotopic (exact) mass is 203 g/mol. The average Bonchev–Trinajstić information content (AvgIpc) is 2.65. The molecule has 2 aromatic rings. The van der Waals surface area contributed by atoms with Crippen molar-refractivity contribution in [3.63, 3.8) is 0 Å². The van der Waals surface area contributed by atoms with Gasteiger partial charge in [0.15, 0.2) is 0 Å². The Labute approximate surface area is 88.1 Å². The molecular weight excluding hydrogens is 190 g/mol. The Hall–Kier alpha value is -1.77. The number of ether oxygens (including phenoxy) is 1. The van der Waals surface area contributed by atoms with E-state index in [2.05, 4.69) is 4.98 Å². The van der Waals surface area contributed by atoms with E-state index < -0.39 is 0 Å². The fraction of sp³-hybridized carbons (Fsp3) is 0.250. The van der Waals surface area contributed by atoms with Crippen LogP contribution in [-0.2, 0) is 16.0 Å². The second-order valence-corrected chi connectivity index (χ2v) is 3.38. The Balaban J connectivity index is 2.17. The van der Waals surface area contributed by atoms with E-state index in [1.165, 1.54) is 0 Å². The van der Waals surface area contributed by atoms with Gasteiger partial charge in [0, 0.05) is 11.7 Å². The molecule has 0 saturated heterocycles. The maximum absolute atomic E-state index is 11.3. The van der Waals surface area contributed by atoms with E-state index >= 15 is 0 Å². The number of esters is 1. The molecule has 0 aliphatic carbocycles. The molecule has 1 aromatic heterocycles. The van der Waals surface area contributed by atoms with E-state index in [1.54, 1.807) is 0 Å². The van der Waals surface area contributed by atoms with Crippen LogP contribution in [0.5, 0.6) is 0 Å². The highest BCUT2D eigenvalue weighted by molar-refractivity contribution is 5.81. The quantitative estimate of drug-likeness (QED) is 0.777. The molecule has 0 aliphatic rings. The van der Waals surface area contributed by atoms with Crippen molar-refractivity contribution < 1.29 is 9.53 Å². The molecular formula is C12H13NO2. The maximum atomic E-state index is 11.3. The Kier molecular flexibility index (Phi) is 2.72. The van der Waals surface area contributed by atoms with Gasteiger partial charge in [-0.3, -0.25) is 4.79 Å². The van der Waals surface area contributed by atoms with Crippen molar-refractivity contribution >= 4 is 16.9 Å². The van der Waals surface area contributed by atoms with Crippen molar-refractivity contribution in [1.29, 1.82) is 0 Å². The molecule has 0 saturated carbocycles. The topological polar surface area (TPSA) is 42.1 Å². The van der Waals surface area contributed by atoms with Gasteiger partial charge >= 0.3 is 5.97 Å².